The molecule has 0 atom stereocenters. The number of anilines is 3. The smallest absolute Gasteiger partial charge is 0.411 e. The van der Waals surface area contributed by atoms with Crippen LogP contribution in [0.1, 0.15) is 12.5 Å². The van der Waals surface area contributed by atoms with E-state index in [0.717, 1.165) is 5.56 Å². The van der Waals surface area contributed by atoms with E-state index in [2.05, 4.69) is 10.6 Å². The van der Waals surface area contributed by atoms with Gasteiger partial charge in [-0.25, -0.2) is 9.18 Å². The minimum atomic E-state index is -0.542. The van der Waals surface area contributed by atoms with E-state index in [1.54, 1.807) is 31.2 Å². The number of nitrogens with two attached hydrogens (primary N) is 1. The summed E-state index contributed by atoms with van der Waals surface area (Å²) in [5, 5.41) is 5.67. The lowest BCUT2D eigenvalue weighted by Crippen LogP contribution is -2.14. The number of nitrogen functional groups attached to an aromatic ring is 1. The molecule has 0 spiro atoms. The third-order valence-corrected chi connectivity index (χ3v) is 2.95. The van der Waals surface area contributed by atoms with Crippen molar-refractivity contribution in [1.29, 1.82) is 0 Å². The third kappa shape index (κ3) is 4.37. The van der Waals surface area contributed by atoms with Gasteiger partial charge >= 0.3 is 6.09 Å². The van der Waals surface area contributed by atoms with Crippen molar-refractivity contribution in [2.45, 2.75) is 13.5 Å². The van der Waals surface area contributed by atoms with E-state index in [1.807, 2.05) is 6.07 Å². The van der Waals surface area contributed by atoms with Crippen LogP contribution < -0.4 is 16.4 Å². The number of nitrogens with one attached hydrogen (secondary N) is 2. The van der Waals surface area contributed by atoms with Crippen LogP contribution in [-0.4, -0.2) is 12.7 Å². The molecule has 0 bridgehead atoms. The molecule has 0 saturated heterocycles. The van der Waals surface area contributed by atoms with Crippen LogP contribution >= 0.6 is 0 Å². The maximum Gasteiger partial charge on any atom is 0.411 e. The van der Waals surface area contributed by atoms with Crippen molar-refractivity contribution >= 4 is 23.2 Å². The van der Waals surface area contributed by atoms with Crippen LogP contribution in [-0.2, 0) is 11.3 Å². The maximum absolute atomic E-state index is 13.1. The molecule has 22 heavy (non-hydrogen) atoms. The summed E-state index contributed by atoms with van der Waals surface area (Å²) in [6.07, 6.45) is -0.542. The molecule has 1 amide bonds. The predicted molar refractivity (Wildman–Crippen MR) is 85.2 cm³/mol. The van der Waals surface area contributed by atoms with Crippen LogP contribution in [0.5, 0.6) is 0 Å². The Kier molecular flexibility index (Phi) is 5.19. The van der Waals surface area contributed by atoms with Gasteiger partial charge < -0.3 is 15.8 Å². The summed E-state index contributed by atoms with van der Waals surface area (Å²) in [4.78, 5) is 11.4. The number of ether oxygens (including phenoxy) is 1. The first-order chi connectivity index (χ1) is 10.6. The number of amides is 1. The van der Waals surface area contributed by atoms with E-state index in [0.29, 0.717) is 30.2 Å². The van der Waals surface area contributed by atoms with Crippen molar-refractivity contribution in [2.75, 3.05) is 23.0 Å². The number of carbonyl (C=O) groups excluding carboxylic acids is 1. The van der Waals surface area contributed by atoms with E-state index in [9.17, 15) is 9.18 Å². The van der Waals surface area contributed by atoms with Gasteiger partial charge in [-0.05, 0) is 42.8 Å². The molecule has 0 radical (unpaired) electrons. The Bertz CT molecular complexity index is 662. The summed E-state index contributed by atoms with van der Waals surface area (Å²) in [6, 6.07) is 11.5. The second kappa shape index (κ2) is 7.31. The van der Waals surface area contributed by atoms with Gasteiger partial charge in [0.2, 0.25) is 0 Å². The van der Waals surface area contributed by atoms with Crippen molar-refractivity contribution in [3.63, 3.8) is 0 Å². The van der Waals surface area contributed by atoms with Crippen molar-refractivity contribution in [2.24, 2.45) is 0 Å². The van der Waals surface area contributed by atoms with Crippen LogP contribution in [0.4, 0.5) is 26.2 Å². The largest absolute Gasteiger partial charge is 0.450 e. The standard InChI is InChI=1S/C16H18FN3O2/c1-2-22-16(21)20-15-7-6-11(8-14(15)18)10-19-13-5-3-4-12(17)9-13/h3-9,19H,2,10,18H2,1H3,(H,20,21). The van der Waals surface area contributed by atoms with Gasteiger partial charge in [0.25, 0.3) is 0 Å². The SMILES string of the molecule is CCOC(=O)Nc1ccc(CNc2cccc(F)c2)cc1N. The minimum Gasteiger partial charge on any atom is -0.450 e. The lowest BCUT2D eigenvalue weighted by atomic mass is 10.1. The highest BCUT2D eigenvalue weighted by molar-refractivity contribution is 5.88. The highest BCUT2D eigenvalue weighted by Crippen LogP contribution is 2.21. The van der Waals surface area contributed by atoms with Crippen LogP contribution in [0.3, 0.4) is 0 Å². The molecule has 0 heterocycles. The topological polar surface area (TPSA) is 76.4 Å². The van der Waals surface area contributed by atoms with Gasteiger partial charge in [0.05, 0.1) is 18.0 Å². The van der Waals surface area contributed by atoms with Gasteiger partial charge in [0.15, 0.2) is 0 Å². The molecular formula is C16H18FN3O2. The van der Waals surface area contributed by atoms with E-state index < -0.39 is 6.09 Å². The molecule has 0 aliphatic heterocycles. The van der Waals surface area contributed by atoms with Gasteiger partial charge in [-0.3, -0.25) is 5.32 Å². The average Bonchev–Trinajstić information content (AvgIpc) is 2.48. The van der Waals surface area contributed by atoms with E-state index in [4.69, 9.17) is 10.5 Å². The fraction of sp³-hybridized carbons (Fsp3) is 0.188. The van der Waals surface area contributed by atoms with E-state index >= 15 is 0 Å². The van der Waals surface area contributed by atoms with E-state index in [-0.39, 0.29) is 5.82 Å². The molecule has 0 saturated carbocycles. The summed E-state index contributed by atoms with van der Waals surface area (Å²) in [7, 11) is 0. The molecule has 6 heteroatoms. The Labute approximate surface area is 128 Å². The first kappa shape index (κ1) is 15.6. The molecule has 5 nitrogen and oxygen atoms in total. The molecule has 2 aromatic carbocycles. The zero-order valence-electron chi connectivity index (χ0n) is 12.2. The number of hydrogen-bond donors (Lipinski definition) is 3. The average molecular weight is 303 g/mol. The van der Waals surface area contributed by atoms with Crippen LogP contribution in [0.2, 0.25) is 0 Å². The highest BCUT2D eigenvalue weighted by atomic mass is 19.1. The minimum absolute atomic E-state index is 0.293. The predicted octanol–water partition coefficient (Wildman–Crippen LogP) is 3.59. The molecule has 4 N–H and O–H groups in total. The monoisotopic (exact) mass is 303 g/mol. The first-order valence-electron chi connectivity index (χ1n) is 6.90. The second-order valence-electron chi connectivity index (χ2n) is 4.63. The lowest BCUT2D eigenvalue weighted by Gasteiger charge is -2.11. The number of carbonyl (C=O) groups is 1. The maximum atomic E-state index is 13.1. The summed E-state index contributed by atoms with van der Waals surface area (Å²) in [5.41, 5.74) is 8.43. The van der Waals surface area contributed by atoms with Gasteiger partial charge in [-0.1, -0.05) is 12.1 Å². The Balaban J connectivity index is 1.98. The number of hydrogen-bond acceptors (Lipinski definition) is 4. The second-order valence-corrected chi connectivity index (χ2v) is 4.63. The summed E-state index contributed by atoms with van der Waals surface area (Å²) < 4.78 is 17.9. The van der Waals surface area contributed by atoms with Crippen LogP contribution in [0, 0.1) is 5.82 Å². The Hall–Kier alpha value is -2.76. The van der Waals surface area contributed by atoms with Gasteiger partial charge in [-0.15, -0.1) is 0 Å². The molecule has 0 aliphatic carbocycles. The molecule has 116 valence electrons. The highest BCUT2D eigenvalue weighted by Gasteiger charge is 2.06. The Morgan fingerprint density at radius 2 is 2.09 bits per heavy atom. The fourth-order valence-electron chi connectivity index (χ4n) is 1.92. The number of rotatable bonds is 5. The summed E-state index contributed by atoms with van der Waals surface area (Å²) in [6.45, 7) is 2.51. The Morgan fingerprint density at radius 3 is 2.77 bits per heavy atom. The van der Waals surface area contributed by atoms with Crippen molar-refractivity contribution in [1.82, 2.24) is 0 Å². The zero-order chi connectivity index (χ0) is 15.9. The first-order valence-corrected chi connectivity index (χ1v) is 6.90. The quantitative estimate of drug-likeness (QED) is 0.738. The summed E-state index contributed by atoms with van der Waals surface area (Å²) >= 11 is 0. The Morgan fingerprint density at radius 1 is 1.27 bits per heavy atom. The molecule has 0 aromatic heterocycles. The number of benzene rings is 2. The van der Waals surface area contributed by atoms with E-state index in [1.165, 1.54) is 12.1 Å². The van der Waals surface area contributed by atoms with Crippen molar-refractivity contribution in [3.05, 3.63) is 53.8 Å². The van der Waals surface area contributed by atoms with Gasteiger partial charge in [-0.2, -0.15) is 0 Å². The normalized spacial score (nSPS) is 10.1. The van der Waals surface area contributed by atoms with Crippen molar-refractivity contribution < 1.29 is 13.9 Å². The van der Waals surface area contributed by atoms with Crippen LogP contribution in [0.25, 0.3) is 0 Å². The molecule has 0 unspecified atom stereocenters. The molecule has 0 aliphatic rings. The zero-order valence-corrected chi connectivity index (χ0v) is 12.2. The molecule has 0 fully saturated rings. The van der Waals surface area contributed by atoms with Crippen molar-refractivity contribution in [3.8, 4) is 0 Å². The van der Waals surface area contributed by atoms with Gasteiger partial charge in [0, 0.05) is 12.2 Å². The van der Waals surface area contributed by atoms with Gasteiger partial charge in [0.1, 0.15) is 5.82 Å². The number of halogens is 1. The molecule has 2 aromatic rings. The molecular weight excluding hydrogens is 285 g/mol. The fourth-order valence-corrected chi connectivity index (χ4v) is 1.92. The van der Waals surface area contributed by atoms with Crippen LogP contribution in [0.15, 0.2) is 42.5 Å². The lowest BCUT2D eigenvalue weighted by molar-refractivity contribution is 0.168. The third-order valence-electron chi connectivity index (χ3n) is 2.95. The summed E-state index contributed by atoms with van der Waals surface area (Å²) in [5.74, 6) is -0.293. The molecule has 2 rings (SSSR count).